The van der Waals surface area contributed by atoms with Gasteiger partial charge in [-0.2, -0.15) is 0 Å². The van der Waals surface area contributed by atoms with Crippen LogP contribution < -0.4 is 0 Å². The van der Waals surface area contributed by atoms with Crippen molar-refractivity contribution >= 4 is 12.3 Å². The number of hydrogen-bond acceptors (Lipinski definition) is 10. The number of aliphatic hydroxyl groups excluding tert-OH is 1. The van der Waals surface area contributed by atoms with E-state index >= 15 is 0 Å². The van der Waals surface area contributed by atoms with Gasteiger partial charge in [-0.1, -0.05) is 169 Å². The third kappa shape index (κ3) is 45.0. The number of rotatable bonds is 50. The Kier molecular flexibility index (Phi) is 49.1. The fraction of sp³-hybridized carbons (Fsp3) is 0.962. The van der Waals surface area contributed by atoms with E-state index in [9.17, 15) is 9.59 Å². The molecule has 0 spiro atoms. The van der Waals surface area contributed by atoms with Gasteiger partial charge in [-0.05, 0) is 90.1 Å². The Morgan fingerprint density at radius 1 is 0.371 bits per heavy atom. The second-order valence-corrected chi connectivity index (χ2v) is 17.8. The van der Waals surface area contributed by atoms with Gasteiger partial charge in [-0.15, -0.1) is 0 Å². The molecule has 10 nitrogen and oxygen atoms in total. The second-order valence-electron chi connectivity index (χ2n) is 17.8. The van der Waals surface area contributed by atoms with E-state index in [0.29, 0.717) is 39.6 Å². The highest BCUT2D eigenvalue weighted by Crippen LogP contribution is 2.19. The van der Waals surface area contributed by atoms with Crippen LogP contribution in [0.3, 0.4) is 0 Å². The Morgan fingerprint density at radius 3 is 1.08 bits per heavy atom. The van der Waals surface area contributed by atoms with E-state index in [-0.39, 0.29) is 18.8 Å². The van der Waals surface area contributed by atoms with Crippen molar-refractivity contribution in [1.29, 1.82) is 0 Å². The Bertz CT molecular complexity index is 847. The van der Waals surface area contributed by atoms with Crippen LogP contribution in [0.15, 0.2) is 0 Å². The summed E-state index contributed by atoms with van der Waals surface area (Å²) in [5.74, 6) is 0. The maximum Gasteiger partial charge on any atom is 0.508 e. The van der Waals surface area contributed by atoms with Crippen molar-refractivity contribution in [2.24, 2.45) is 0 Å². The largest absolute Gasteiger partial charge is 0.508 e. The number of aliphatic hydroxyl groups is 1. The summed E-state index contributed by atoms with van der Waals surface area (Å²) >= 11 is 0. The summed E-state index contributed by atoms with van der Waals surface area (Å²) in [5, 5.41) is 8.92. The normalized spacial score (nSPS) is 12.5. The first kappa shape index (κ1) is 60.4. The van der Waals surface area contributed by atoms with Gasteiger partial charge in [0.2, 0.25) is 0 Å². The summed E-state index contributed by atoms with van der Waals surface area (Å²) < 4.78 is 33.8. The van der Waals surface area contributed by atoms with Crippen molar-refractivity contribution < 1.29 is 43.1 Å². The monoisotopic (exact) mass is 886 g/mol. The fourth-order valence-corrected chi connectivity index (χ4v) is 7.93. The minimum atomic E-state index is -0.488. The molecule has 0 aliphatic carbocycles. The van der Waals surface area contributed by atoms with Crippen LogP contribution in [0.2, 0.25) is 0 Å². The van der Waals surface area contributed by atoms with Crippen molar-refractivity contribution in [3.05, 3.63) is 0 Å². The summed E-state index contributed by atoms with van der Waals surface area (Å²) in [5.41, 5.74) is 0. The van der Waals surface area contributed by atoms with E-state index in [4.69, 9.17) is 33.5 Å². The molecule has 0 aromatic carbocycles. The molecule has 0 amide bonds. The highest BCUT2D eigenvalue weighted by atomic mass is 16.7. The standard InChI is InChI=1S/C52H103NO9/c1-5-9-13-17-21-29-37-49(35-27-15-11-7-3)61-51(55)59-43-33-25-19-23-31-39-53(41-45-57-47-48-58-46-42-54)40-32-24-20-26-34-44-60-52(56)62-50(36-28-16-12-8-4)38-30-22-18-14-10-6-2/h49-50,54H,5-48H2,1-4H3. The predicted octanol–water partition coefficient (Wildman–Crippen LogP) is 14.7. The first-order valence-corrected chi connectivity index (χ1v) is 26.7. The number of ether oxygens (including phenoxy) is 6. The van der Waals surface area contributed by atoms with Crippen LogP contribution in [0.1, 0.15) is 246 Å². The van der Waals surface area contributed by atoms with Crippen molar-refractivity contribution in [2.45, 2.75) is 258 Å². The summed E-state index contributed by atoms with van der Waals surface area (Å²) in [6.07, 6.45) is 37.9. The average Bonchev–Trinajstić information content (AvgIpc) is 3.27. The zero-order valence-corrected chi connectivity index (χ0v) is 41.4. The van der Waals surface area contributed by atoms with Crippen LogP contribution >= 0.6 is 0 Å². The summed E-state index contributed by atoms with van der Waals surface area (Å²) in [4.78, 5) is 27.6. The lowest BCUT2D eigenvalue weighted by atomic mass is 10.0. The molecule has 0 saturated heterocycles. The van der Waals surface area contributed by atoms with Gasteiger partial charge in [-0.3, -0.25) is 0 Å². The summed E-state index contributed by atoms with van der Waals surface area (Å²) in [7, 11) is 0. The van der Waals surface area contributed by atoms with Crippen LogP contribution in [0.4, 0.5) is 9.59 Å². The number of hydrogen-bond donors (Lipinski definition) is 1. The molecule has 10 heteroatoms. The van der Waals surface area contributed by atoms with Gasteiger partial charge in [-0.25, -0.2) is 9.59 Å². The number of unbranched alkanes of at least 4 members (excludes halogenated alkanes) is 24. The van der Waals surface area contributed by atoms with E-state index < -0.39 is 12.3 Å². The van der Waals surface area contributed by atoms with E-state index in [0.717, 1.165) is 135 Å². The minimum Gasteiger partial charge on any atom is -0.434 e. The molecule has 0 bridgehead atoms. The highest BCUT2D eigenvalue weighted by molar-refractivity contribution is 5.60. The third-order valence-corrected chi connectivity index (χ3v) is 11.9. The van der Waals surface area contributed by atoms with Gasteiger partial charge < -0.3 is 38.4 Å². The van der Waals surface area contributed by atoms with Crippen LogP contribution in [0.25, 0.3) is 0 Å². The topological polar surface area (TPSA) is 113 Å². The Hall–Kier alpha value is -1.62. The molecule has 0 heterocycles. The van der Waals surface area contributed by atoms with Crippen molar-refractivity contribution in [1.82, 2.24) is 4.90 Å². The lowest BCUT2D eigenvalue weighted by Gasteiger charge is -2.22. The smallest absolute Gasteiger partial charge is 0.434 e. The maximum atomic E-state index is 12.5. The van der Waals surface area contributed by atoms with E-state index in [2.05, 4.69) is 32.6 Å². The van der Waals surface area contributed by atoms with E-state index in [1.165, 1.54) is 103 Å². The zero-order chi connectivity index (χ0) is 45.2. The molecule has 370 valence electrons. The molecule has 62 heavy (non-hydrogen) atoms. The molecule has 0 saturated carbocycles. The van der Waals surface area contributed by atoms with Gasteiger partial charge in [0.05, 0.1) is 46.2 Å². The summed E-state index contributed by atoms with van der Waals surface area (Å²) in [6.45, 7) is 14.9. The van der Waals surface area contributed by atoms with Gasteiger partial charge in [0, 0.05) is 6.54 Å². The van der Waals surface area contributed by atoms with Gasteiger partial charge >= 0.3 is 12.3 Å². The van der Waals surface area contributed by atoms with Gasteiger partial charge in [0.15, 0.2) is 0 Å². The molecule has 0 aromatic heterocycles. The van der Waals surface area contributed by atoms with Crippen molar-refractivity contribution in [3.8, 4) is 0 Å². The maximum absolute atomic E-state index is 12.5. The first-order chi connectivity index (χ1) is 30.5. The molecule has 0 aliphatic rings. The van der Waals surface area contributed by atoms with Gasteiger partial charge in [0.25, 0.3) is 0 Å². The van der Waals surface area contributed by atoms with E-state index in [1.807, 2.05) is 0 Å². The van der Waals surface area contributed by atoms with E-state index in [1.54, 1.807) is 0 Å². The molecule has 0 radical (unpaired) electrons. The predicted molar refractivity (Wildman–Crippen MR) is 257 cm³/mol. The van der Waals surface area contributed by atoms with Crippen LogP contribution in [0.5, 0.6) is 0 Å². The number of nitrogens with zero attached hydrogens (tertiary/aromatic N) is 1. The lowest BCUT2D eigenvalue weighted by molar-refractivity contribution is 0.0145. The molecule has 0 aliphatic heterocycles. The van der Waals surface area contributed by atoms with Crippen LogP contribution in [0, 0.1) is 0 Å². The Balaban J connectivity index is 4.42. The zero-order valence-electron chi connectivity index (χ0n) is 41.4. The molecule has 2 unspecified atom stereocenters. The molecule has 0 aromatic rings. The highest BCUT2D eigenvalue weighted by Gasteiger charge is 2.17. The number of carbonyl (C=O) groups is 2. The van der Waals surface area contributed by atoms with Gasteiger partial charge in [0.1, 0.15) is 12.2 Å². The molecule has 0 fully saturated rings. The second kappa shape index (κ2) is 50.4. The lowest BCUT2D eigenvalue weighted by Crippen LogP contribution is -2.30. The Labute approximate surface area is 383 Å². The average molecular weight is 886 g/mol. The molecular formula is C52H103NO9. The minimum absolute atomic E-state index is 0.0160. The molecule has 2 atom stereocenters. The molecule has 0 rings (SSSR count). The quantitative estimate of drug-likeness (QED) is 0.0468. The van der Waals surface area contributed by atoms with Crippen LogP contribution in [-0.2, 0) is 28.4 Å². The van der Waals surface area contributed by atoms with Crippen molar-refractivity contribution in [3.63, 3.8) is 0 Å². The summed E-state index contributed by atoms with van der Waals surface area (Å²) in [6, 6.07) is 0. The fourth-order valence-electron chi connectivity index (χ4n) is 7.93. The Morgan fingerprint density at radius 2 is 0.694 bits per heavy atom. The SMILES string of the molecule is CCCCCCCCC(CCCCCC)OC(=O)OCCCCCCCN(CCCCCCCOC(=O)OC(CCCCCC)CCCCCCCC)CCOCCOCCO. The molecule has 1 N–H and O–H groups in total. The third-order valence-electron chi connectivity index (χ3n) is 11.9. The first-order valence-electron chi connectivity index (χ1n) is 26.7. The number of carbonyl (C=O) groups excluding carboxylic acids is 2. The van der Waals surface area contributed by atoms with Crippen LogP contribution in [-0.4, -0.2) is 100 Å². The van der Waals surface area contributed by atoms with Crippen molar-refractivity contribution in [2.75, 3.05) is 65.9 Å². The molecular weight excluding hydrogens is 783 g/mol.